The van der Waals surface area contributed by atoms with Crippen LogP contribution in [0, 0.1) is 0 Å². The molecule has 0 saturated carbocycles. The third kappa shape index (κ3) is 9.26. The minimum absolute atomic E-state index is 0.0711. The van der Waals surface area contributed by atoms with Crippen molar-refractivity contribution >= 4 is 33.7 Å². The highest BCUT2D eigenvalue weighted by Crippen LogP contribution is 2.27. The molecule has 228 valence electrons. The Hall–Kier alpha value is -4.98. The van der Waals surface area contributed by atoms with E-state index in [0.29, 0.717) is 36.4 Å². The lowest BCUT2D eigenvalue weighted by Crippen LogP contribution is -2.32. The van der Waals surface area contributed by atoms with Gasteiger partial charge in [-0.05, 0) is 60.9 Å². The van der Waals surface area contributed by atoms with Crippen LogP contribution in [-0.2, 0) is 26.0 Å². The minimum Gasteiger partial charge on any atom is -0.493 e. The van der Waals surface area contributed by atoms with Crippen LogP contribution in [0.4, 0.5) is 0 Å². The van der Waals surface area contributed by atoms with Crippen molar-refractivity contribution < 1.29 is 41.8 Å². The third-order valence-corrected chi connectivity index (χ3v) is 7.27. The standard InChI is InChI=1S/C29H32N4O9S/c1-4-15-42-26(34)18-32-29(37)23-11-7-21(17-31-23)28(36)33-43(38,39)22-9-5-19(6-10-22)13-14-30-27(35)20-8-12-24(40-2)25(16-20)41-3/h5-12,16-17H,4,13-15,18H2,1-3H3,(H,30,35)(H,32,37)(H,33,36). The van der Waals surface area contributed by atoms with Crippen LogP contribution in [0.5, 0.6) is 11.5 Å². The van der Waals surface area contributed by atoms with Gasteiger partial charge in [0.2, 0.25) is 0 Å². The second-order valence-corrected chi connectivity index (χ2v) is 10.7. The molecular weight excluding hydrogens is 580 g/mol. The molecule has 0 radical (unpaired) electrons. The molecule has 3 N–H and O–H groups in total. The molecule has 0 aliphatic carbocycles. The summed E-state index contributed by atoms with van der Waals surface area (Å²) < 4.78 is 42.7. The summed E-state index contributed by atoms with van der Waals surface area (Å²) in [6, 6.07) is 13.1. The summed E-state index contributed by atoms with van der Waals surface area (Å²) in [5, 5.41) is 5.15. The van der Waals surface area contributed by atoms with Gasteiger partial charge in [-0.2, -0.15) is 0 Å². The van der Waals surface area contributed by atoms with Gasteiger partial charge >= 0.3 is 5.97 Å². The quantitative estimate of drug-likeness (QED) is 0.228. The van der Waals surface area contributed by atoms with Gasteiger partial charge in [0.15, 0.2) is 11.5 Å². The second-order valence-electron chi connectivity index (χ2n) is 8.99. The third-order valence-electron chi connectivity index (χ3n) is 5.92. The minimum atomic E-state index is -4.21. The van der Waals surface area contributed by atoms with Crippen LogP contribution < -0.4 is 24.8 Å². The van der Waals surface area contributed by atoms with E-state index < -0.39 is 27.8 Å². The number of ether oxygens (including phenoxy) is 3. The fourth-order valence-corrected chi connectivity index (χ4v) is 4.62. The van der Waals surface area contributed by atoms with Crippen LogP contribution in [0.15, 0.2) is 65.7 Å². The molecule has 3 aromatic rings. The Labute approximate surface area is 249 Å². The summed E-state index contributed by atoms with van der Waals surface area (Å²) in [6.45, 7) is 2.03. The Morgan fingerprint density at radius 3 is 2.14 bits per heavy atom. The van der Waals surface area contributed by atoms with E-state index in [-0.39, 0.29) is 35.2 Å². The number of amides is 3. The zero-order chi connectivity index (χ0) is 31.4. The van der Waals surface area contributed by atoms with Gasteiger partial charge < -0.3 is 24.8 Å². The number of hydrogen-bond acceptors (Lipinski definition) is 10. The molecule has 0 bridgehead atoms. The number of aromatic nitrogens is 1. The zero-order valence-electron chi connectivity index (χ0n) is 23.8. The van der Waals surface area contributed by atoms with Gasteiger partial charge in [-0.1, -0.05) is 19.1 Å². The maximum Gasteiger partial charge on any atom is 0.325 e. The van der Waals surface area contributed by atoms with Crippen molar-refractivity contribution in [2.75, 3.05) is 33.9 Å². The van der Waals surface area contributed by atoms with E-state index in [1.54, 1.807) is 30.3 Å². The molecule has 1 heterocycles. The highest BCUT2D eigenvalue weighted by Gasteiger charge is 2.20. The highest BCUT2D eigenvalue weighted by molar-refractivity contribution is 7.90. The van der Waals surface area contributed by atoms with E-state index in [4.69, 9.17) is 14.2 Å². The maximum atomic E-state index is 12.7. The molecule has 2 aromatic carbocycles. The van der Waals surface area contributed by atoms with Gasteiger partial charge in [0.1, 0.15) is 12.2 Å². The van der Waals surface area contributed by atoms with Crippen molar-refractivity contribution in [3.05, 3.63) is 83.2 Å². The molecule has 0 saturated heterocycles. The van der Waals surface area contributed by atoms with Crippen LogP contribution >= 0.6 is 0 Å². The maximum absolute atomic E-state index is 12.7. The number of rotatable bonds is 14. The topological polar surface area (TPSA) is 179 Å². The van der Waals surface area contributed by atoms with E-state index in [0.717, 1.165) is 11.8 Å². The lowest BCUT2D eigenvalue weighted by molar-refractivity contribution is -0.142. The number of hydrogen-bond donors (Lipinski definition) is 3. The number of benzene rings is 2. The number of carbonyl (C=O) groups excluding carboxylic acids is 4. The molecule has 0 unspecified atom stereocenters. The first-order valence-electron chi connectivity index (χ1n) is 13.1. The SMILES string of the molecule is CCCOC(=O)CNC(=O)c1ccc(C(=O)NS(=O)(=O)c2ccc(CCNC(=O)c3ccc(OC)c(OC)c3)cc2)cn1. The largest absolute Gasteiger partial charge is 0.493 e. The number of sulfonamides is 1. The molecule has 0 aliphatic rings. The Bertz CT molecular complexity index is 1560. The predicted molar refractivity (Wildman–Crippen MR) is 154 cm³/mol. The fraction of sp³-hybridized carbons (Fsp3) is 0.276. The Morgan fingerprint density at radius 2 is 1.51 bits per heavy atom. The van der Waals surface area contributed by atoms with Gasteiger partial charge in [-0.3, -0.25) is 24.2 Å². The first kappa shape index (κ1) is 32.5. The van der Waals surface area contributed by atoms with Gasteiger partial charge in [0.25, 0.3) is 27.7 Å². The molecule has 0 aliphatic heterocycles. The Kier molecular flexibility index (Phi) is 11.6. The van der Waals surface area contributed by atoms with Crippen molar-refractivity contribution in [1.29, 1.82) is 0 Å². The van der Waals surface area contributed by atoms with Crippen LogP contribution in [0.25, 0.3) is 0 Å². The van der Waals surface area contributed by atoms with Gasteiger partial charge in [0.05, 0.1) is 31.3 Å². The van der Waals surface area contributed by atoms with Crippen molar-refractivity contribution in [3.63, 3.8) is 0 Å². The lowest BCUT2D eigenvalue weighted by Gasteiger charge is -2.10. The Balaban J connectivity index is 1.51. The van der Waals surface area contributed by atoms with Crippen LogP contribution in [0.3, 0.4) is 0 Å². The molecule has 1 aromatic heterocycles. The van der Waals surface area contributed by atoms with Gasteiger partial charge in [-0.25, -0.2) is 13.1 Å². The lowest BCUT2D eigenvalue weighted by atomic mass is 10.1. The molecular formula is C29H32N4O9S. The van der Waals surface area contributed by atoms with Crippen molar-refractivity contribution in [2.45, 2.75) is 24.7 Å². The normalized spacial score (nSPS) is 10.8. The summed E-state index contributed by atoms with van der Waals surface area (Å²) in [6.07, 6.45) is 2.13. The zero-order valence-corrected chi connectivity index (χ0v) is 24.7. The number of carbonyl (C=O) groups is 4. The molecule has 14 heteroatoms. The molecule has 13 nitrogen and oxygen atoms in total. The number of esters is 1. The molecule has 43 heavy (non-hydrogen) atoms. The summed E-state index contributed by atoms with van der Waals surface area (Å²) in [7, 11) is -1.23. The number of nitrogens with zero attached hydrogens (tertiary/aromatic N) is 1. The summed E-state index contributed by atoms with van der Waals surface area (Å²) in [4.78, 5) is 52.4. The van der Waals surface area contributed by atoms with Crippen LogP contribution in [-0.4, -0.2) is 71.0 Å². The summed E-state index contributed by atoms with van der Waals surface area (Å²) in [5.74, 6) is -1.57. The summed E-state index contributed by atoms with van der Waals surface area (Å²) in [5.41, 5.74) is 0.990. The number of methoxy groups -OCH3 is 2. The molecule has 0 atom stereocenters. The molecule has 3 rings (SSSR count). The van der Waals surface area contributed by atoms with Crippen LogP contribution in [0.2, 0.25) is 0 Å². The molecule has 0 fully saturated rings. The number of pyridine rings is 1. The van der Waals surface area contributed by atoms with Crippen molar-refractivity contribution in [3.8, 4) is 11.5 Å². The first-order chi connectivity index (χ1) is 20.6. The summed E-state index contributed by atoms with van der Waals surface area (Å²) >= 11 is 0. The average molecular weight is 613 g/mol. The van der Waals surface area contributed by atoms with E-state index >= 15 is 0 Å². The van der Waals surface area contributed by atoms with Gasteiger partial charge in [-0.15, -0.1) is 0 Å². The van der Waals surface area contributed by atoms with E-state index in [1.807, 2.05) is 11.6 Å². The Morgan fingerprint density at radius 1 is 0.814 bits per heavy atom. The van der Waals surface area contributed by atoms with E-state index in [1.165, 1.54) is 38.5 Å². The monoisotopic (exact) mass is 612 g/mol. The fourth-order valence-electron chi connectivity index (χ4n) is 3.65. The average Bonchev–Trinajstić information content (AvgIpc) is 3.02. The number of nitrogens with one attached hydrogen (secondary N) is 3. The molecule has 3 amide bonds. The molecule has 0 spiro atoms. The smallest absolute Gasteiger partial charge is 0.325 e. The van der Waals surface area contributed by atoms with Crippen molar-refractivity contribution in [2.24, 2.45) is 0 Å². The first-order valence-corrected chi connectivity index (χ1v) is 14.6. The van der Waals surface area contributed by atoms with Crippen LogP contribution in [0.1, 0.15) is 50.1 Å². The van der Waals surface area contributed by atoms with E-state index in [2.05, 4.69) is 15.6 Å². The highest BCUT2D eigenvalue weighted by atomic mass is 32.2. The van der Waals surface area contributed by atoms with E-state index in [9.17, 15) is 27.6 Å². The predicted octanol–water partition coefficient (Wildman–Crippen LogP) is 1.87. The van der Waals surface area contributed by atoms with Gasteiger partial charge in [0, 0.05) is 18.3 Å². The van der Waals surface area contributed by atoms with Crippen molar-refractivity contribution in [1.82, 2.24) is 20.3 Å². The second kappa shape index (κ2) is 15.3.